The van der Waals surface area contributed by atoms with E-state index in [9.17, 15) is 0 Å². The fourth-order valence-corrected chi connectivity index (χ4v) is 4.46. The molecule has 0 bridgehead atoms. The first kappa shape index (κ1) is 20.3. The van der Waals surface area contributed by atoms with Crippen molar-refractivity contribution in [1.82, 2.24) is 19.7 Å². The first-order valence-electron chi connectivity index (χ1n) is 10.3. The lowest BCUT2D eigenvalue weighted by molar-refractivity contribution is 0.534. The monoisotopic (exact) mass is 442 g/mol. The van der Waals surface area contributed by atoms with Crippen molar-refractivity contribution in [2.45, 2.75) is 31.3 Å². The highest BCUT2D eigenvalue weighted by Gasteiger charge is 2.19. The number of hydrogen-bond donors (Lipinski definition) is 0. The maximum absolute atomic E-state index is 5.92. The summed E-state index contributed by atoms with van der Waals surface area (Å²) in [4.78, 5) is 4.72. The van der Waals surface area contributed by atoms with Gasteiger partial charge in [0.2, 0.25) is 5.89 Å². The number of rotatable bonds is 7. The molecule has 0 unspecified atom stereocenters. The molecule has 0 atom stereocenters. The summed E-state index contributed by atoms with van der Waals surface area (Å²) in [5.41, 5.74) is 4.01. The molecular formula is C25H22N4O2S. The van der Waals surface area contributed by atoms with Crippen LogP contribution in [-0.4, -0.2) is 19.7 Å². The number of thioether (sulfide) groups is 1. The number of furan rings is 1. The summed E-state index contributed by atoms with van der Waals surface area (Å²) >= 11 is 1.60. The molecule has 160 valence electrons. The van der Waals surface area contributed by atoms with Crippen LogP contribution < -0.4 is 0 Å². The third kappa shape index (κ3) is 4.11. The van der Waals surface area contributed by atoms with Gasteiger partial charge < -0.3 is 8.83 Å². The van der Waals surface area contributed by atoms with Gasteiger partial charge in [-0.05, 0) is 37.6 Å². The van der Waals surface area contributed by atoms with Crippen LogP contribution in [0.15, 0.2) is 87.0 Å². The van der Waals surface area contributed by atoms with Crippen LogP contribution in [0.2, 0.25) is 0 Å². The van der Waals surface area contributed by atoms with Crippen molar-refractivity contribution in [3.8, 4) is 22.8 Å². The van der Waals surface area contributed by atoms with Crippen molar-refractivity contribution >= 4 is 11.8 Å². The molecule has 2 aromatic carbocycles. The normalized spacial score (nSPS) is 11.2. The quantitative estimate of drug-likeness (QED) is 0.282. The average molecular weight is 443 g/mol. The molecule has 3 heterocycles. The third-order valence-corrected chi connectivity index (χ3v) is 6.23. The summed E-state index contributed by atoms with van der Waals surface area (Å²) in [5.74, 6) is 3.71. The lowest BCUT2D eigenvalue weighted by Crippen LogP contribution is -2.04. The molecule has 3 aromatic heterocycles. The van der Waals surface area contributed by atoms with Crippen molar-refractivity contribution in [3.05, 3.63) is 95.8 Å². The average Bonchev–Trinajstić information content (AvgIpc) is 3.52. The van der Waals surface area contributed by atoms with E-state index >= 15 is 0 Å². The highest BCUT2D eigenvalue weighted by molar-refractivity contribution is 7.98. The Hall–Kier alpha value is -3.58. The summed E-state index contributed by atoms with van der Waals surface area (Å²) in [6.07, 6.45) is 1.68. The molecule has 0 aliphatic rings. The molecule has 0 saturated heterocycles. The van der Waals surface area contributed by atoms with Gasteiger partial charge in [-0.25, -0.2) is 4.98 Å². The van der Waals surface area contributed by atoms with Crippen LogP contribution in [0.25, 0.3) is 22.8 Å². The highest BCUT2D eigenvalue weighted by atomic mass is 32.2. The zero-order valence-electron chi connectivity index (χ0n) is 17.9. The molecule has 6 nitrogen and oxygen atoms in total. The van der Waals surface area contributed by atoms with Gasteiger partial charge in [0.25, 0.3) is 0 Å². The fraction of sp³-hybridized carbons (Fsp3) is 0.160. The number of aryl methyl sites for hydroxylation is 2. The van der Waals surface area contributed by atoms with Crippen molar-refractivity contribution < 1.29 is 8.83 Å². The summed E-state index contributed by atoms with van der Waals surface area (Å²) < 4.78 is 13.6. The van der Waals surface area contributed by atoms with Crippen LogP contribution in [0.5, 0.6) is 0 Å². The number of oxazole rings is 1. The van der Waals surface area contributed by atoms with Crippen LogP contribution in [0.1, 0.15) is 22.8 Å². The standard InChI is InChI=1S/C25H22N4O2S/c1-17-21(13-14-30-17)23-27-28-25(29(23)15-19-9-5-3-6-10-19)32-16-22-18(2)31-24(26-22)20-11-7-4-8-12-20/h3-14H,15-16H2,1-2H3. The van der Waals surface area contributed by atoms with Gasteiger partial charge in [0, 0.05) is 11.3 Å². The molecule has 0 amide bonds. The van der Waals surface area contributed by atoms with E-state index in [1.807, 2.05) is 68.4 Å². The number of aromatic nitrogens is 4. The smallest absolute Gasteiger partial charge is 0.226 e. The second-order valence-electron chi connectivity index (χ2n) is 7.44. The Bertz CT molecular complexity index is 1320. The first-order chi connectivity index (χ1) is 15.7. The summed E-state index contributed by atoms with van der Waals surface area (Å²) in [7, 11) is 0. The Morgan fingerprint density at radius 1 is 0.875 bits per heavy atom. The molecule has 5 aromatic rings. The third-order valence-electron chi connectivity index (χ3n) is 5.25. The lowest BCUT2D eigenvalue weighted by atomic mass is 10.2. The summed E-state index contributed by atoms with van der Waals surface area (Å²) in [5, 5.41) is 9.81. The molecule has 7 heteroatoms. The van der Waals surface area contributed by atoms with E-state index in [4.69, 9.17) is 13.8 Å². The van der Waals surface area contributed by atoms with Gasteiger partial charge in [-0.1, -0.05) is 60.3 Å². The Kier molecular flexibility index (Phi) is 5.64. The number of benzene rings is 2. The largest absolute Gasteiger partial charge is 0.469 e. The molecular weight excluding hydrogens is 420 g/mol. The van der Waals surface area contributed by atoms with E-state index in [0.29, 0.717) is 18.2 Å². The molecule has 0 aliphatic carbocycles. The van der Waals surface area contributed by atoms with Gasteiger partial charge in [-0.2, -0.15) is 0 Å². The van der Waals surface area contributed by atoms with E-state index in [2.05, 4.69) is 26.9 Å². The summed E-state index contributed by atoms with van der Waals surface area (Å²) in [6, 6.07) is 22.2. The molecule has 0 spiro atoms. The predicted molar refractivity (Wildman–Crippen MR) is 124 cm³/mol. The van der Waals surface area contributed by atoms with Crippen LogP contribution in [0.3, 0.4) is 0 Å². The van der Waals surface area contributed by atoms with Gasteiger partial charge >= 0.3 is 0 Å². The minimum Gasteiger partial charge on any atom is -0.469 e. The minimum atomic E-state index is 0.638. The van der Waals surface area contributed by atoms with Crippen LogP contribution in [-0.2, 0) is 12.3 Å². The van der Waals surface area contributed by atoms with E-state index in [0.717, 1.165) is 39.3 Å². The van der Waals surface area contributed by atoms with E-state index < -0.39 is 0 Å². The number of nitrogens with zero attached hydrogens (tertiary/aromatic N) is 4. The fourth-order valence-electron chi connectivity index (χ4n) is 3.52. The first-order valence-corrected chi connectivity index (χ1v) is 11.3. The number of hydrogen-bond acceptors (Lipinski definition) is 6. The van der Waals surface area contributed by atoms with Gasteiger partial charge in [-0.15, -0.1) is 10.2 Å². The topological polar surface area (TPSA) is 69.9 Å². The Balaban J connectivity index is 1.43. The Morgan fingerprint density at radius 3 is 2.34 bits per heavy atom. The second kappa shape index (κ2) is 8.88. The van der Waals surface area contributed by atoms with Crippen molar-refractivity contribution in [2.24, 2.45) is 0 Å². The highest BCUT2D eigenvalue weighted by Crippen LogP contribution is 2.31. The second-order valence-corrected chi connectivity index (χ2v) is 8.39. The van der Waals surface area contributed by atoms with Crippen molar-refractivity contribution in [1.29, 1.82) is 0 Å². The Morgan fingerprint density at radius 2 is 1.62 bits per heavy atom. The van der Waals surface area contributed by atoms with Crippen molar-refractivity contribution in [3.63, 3.8) is 0 Å². The van der Waals surface area contributed by atoms with Crippen LogP contribution >= 0.6 is 11.8 Å². The molecule has 0 aliphatic heterocycles. The SMILES string of the molecule is Cc1occc1-c1nnc(SCc2nc(-c3ccccc3)oc2C)n1Cc1ccccc1. The van der Waals surface area contributed by atoms with Gasteiger partial charge in [0.05, 0.1) is 24.1 Å². The molecule has 0 radical (unpaired) electrons. The molecule has 32 heavy (non-hydrogen) atoms. The van der Waals surface area contributed by atoms with E-state index in [1.54, 1.807) is 18.0 Å². The minimum absolute atomic E-state index is 0.638. The molecule has 0 saturated carbocycles. The molecule has 5 rings (SSSR count). The maximum atomic E-state index is 5.92. The zero-order chi connectivity index (χ0) is 21.9. The van der Waals surface area contributed by atoms with Crippen LogP contribution in [0.4, 0.5) is 0 Å². The molecule has 0 N–H and O–H groups in total. The predicted octanol–water partition coefficient (Wildman–Crippen LogP) is 6.15. The van der Waals surface area contributed by atoms with Crippen LogP contribution in [0, 0.1) is 13.8 Å². The zero-order valence-corrected chi connectivity index (χ0v) is 18.7. The molecule has 0 fully saturated rings. The summed E-state index contributed by atoms with van der Waals surface area (Å²) in [6.45, 7) is 4.56. The maximum Gasteiger partial charge on any atom is 0.226 e. The van der Waals surface area contributed by atoms with Crippen molar-refractivity contribution in [2.75, 3.05) is 0 Å². The van der Waals surface area contributed by atoms with E-state index in [1.165, 1.54) is 5.56 Å². The van der Waals surface area contributed by atoms with Gasteiger partial charge in [-0.3, -0.25) is 4.57 Å². The lowest BCUT2D eigenvalue weighted by Gasteiger charge is -2.10. The van der Waals surface area contributed by atoms with Gasteiger partial charge in [0.1, 0.15) is 11.5 Å². The van der Waals surface area contributed by atoms with Gasteiger partial charge in [0.15, 0.2) is 11.0 Å². The Labute approximate surface area is 190 Å². The van der Waals surface area contributed by atoms with E-state index in [-0.39, 0.29) is 0 Å².